The Balaban J connectivity index is 0.00000225. The number of fused-ring (bicyclic) bond motifs is 1. The number of aromatic nitrogens is 2. The van der Waals surface area contributed by atoms with Gasteiger partial charge in [-0.05, 0) is 44.3 Å². The zero-order valence-corrected chi connectivity index (χ0v) is 16.6. The summed E-state index contributed by atoms with van der Waals surface area (Å²) in [5, 5.41) is 9.35. The van der Waals surface area contributed by atoms with Crippen molar-refractivity contribution in [1.82, 2.24) is 20.0 Å². The van der Waals surface area contributed by atoms with Crippen molar-refractivity contribution >= 4 is 51.5 Å². The van der Waals surface area contributed by atoms with E-state index in [4.69, 9.17) is 11.6 Å². The number of carbonyl (C=O) groups excluding carboxylic acids is 1. The molecule has 3 rings (SSSR count). The van der Waals surface area contributed by atoms with E-state index in [1.807, 2.05) is 56.0 Å². The van der Waals surface area contributed by atoms with Crippen LogP contribution in [0.1, 0.15) is 15.4 Å². The number of likely N-dealkylation sites (N-methyl/N-ethyl adjacent to an activating group) is 2. The fraction of sp³-hybridized carbons (Fsp3) is 0.294. The second kappa shape index (κ2) is 8.19. The number of aryl methyl sites for hydroxylation is 1. The molecule has 0 radical (unpaired) electrons. The third-order valence-corrected chi connectivity index (χ3v) is 5.22. The molecule has 0 saturated heterocycles. The van der Waals surface area contributed by atoms with Crippen LogP contribution in [0.5, 0.6) is 0 Å². The van der Waals surface area contributed by atoms with Crippen molar-refractivity contribution in [1.29, 1.82) is 0 Å². The van der Waals surface area contributed by atoms with Gasteiger partial charge in [0, 0.05) is 30.5 Å². The van der Waals surface area contributed by atoms with Crippen LogP contribution in [-0.2, 0) is 0 Å². The first-order chi connectivity index (χ1) is 11.5. The highest BCUT2D eigenvalue weighted by molar-refractivity contribution is 7.20. The molecule has 0 unspecified atom stereocenters. The van der Waals surface area contributed by atoms with E-state index in [0.717, 1.165) is 33.0 Å². The Kier molecular flexibility index (Phi) is 6.46. The first-order valence-electron chi connectivity index (χ1n) is 7.66. The van der Waals surface area contributed by atoms with E-state index < -0.39 is 0 Å². The number of carbonyl (C=O) groups is 1. The topological polar surface area (TPSA) is 50.2 Å². The van der Waals surface area contributed by atoms with Gasteiger partial charge in [0.1, 0.15) is 4.83 Å². The van der Waals surface area contributed by atoms with Gasteiger partial charge in [-0.3, -0.25) is 4.79 Å². The molecule has 1 aromatic carbocycles. The standard InChI is InChI=1S/C17H19ClN4OS.ClH/c1-11-14-10-15(16(23)21(3)9-8-19-2)24-17(14)22(20-11)13-6-4-12(18)5-7-13;/h4-7,10,19H,8-9H2,1-3H3;1H. The molecular weight excluding hydrogens is 379 g/mol. The number of amides is 1. The summed E-state index contributed by atoms with van der Waals surface area (Å²) < 4.78 is 1.87. The van der Waals surface area contributed by atoms with Gasteiger partial charge in [0.2, 0.25) is 0 Å². The van der Waals surface area contributed by atoms with Gasteiger partial charge >= 0.3 is 0 Å². The molecule has 1 N–H and O–H groups in total. The largest absolute Gasteiger partial charge is 0.340 e. The molecule has 0 aliphatic heterocycles. The van der Waals surface area contributed by atoms with Crippen LogP contribution in [0.15, 0.2) is 30.3 Å². The van der Waals surface area contributed by atoms with Crippen LogP contribution in [0, 0.1) is 6.92 Å². The summed E-state index contributed by atoms with van der Waals surface area (Å²) in [4.78, 5) is 16.0. The molecule has 1 amide bonds. The monoisotopic (exact) mass is 398 g/mol. The Morgan fingerprint density at radius 2 is 2.04 bits per heavy atom. The van der Waals surface area contributed by atoms with E-state index in [2.05, 4.69) is 10.4 Å². The molecular formula is C17H20Cl2N4OS. The minimum absolute atomic E-state index is 0. The fourth-order valence-corrected chi connectivity index (χ4v) is 3.78. The van der Waals surface area contributed by atoms with Gasteiger partial charge in [0.15, 0.2) is 0 Å². The van der Waals surface area contributed by atoms with Crippen LogP contribution < -0.4 is 5.32 Å². The number of halogens is 2. The SMILES string of the molecule is CNCCN(C)C(=O)c1cc2c(C)nn(-c3ccc(Cl)cc3)c2s1.Cl. The summed E-state index contributed by atoms with van der Waals surface area (Å²) in [6.07, 6.45) is 0. The van der Waals surface area contributed by atoms with Gasteiger partial charge in [-0.15, -0.1) is 23.7 Å². The van der Waals surface area contributed by atoms with Crippen molar-refractivity contribution < 1.29 is 4.79 Å². The predicted octanol–water partition coefficient (Wildman–Crippen LogP) is 3.76. The summed E-state index contributed by atoms with van der Waals surface area (Å²) in [5.74, 6) is 0.0357. The minimum atomic E-state index is 0. The molecule has 0 aliphatic rings. The molecule has 0 aliphatic carbocycles. The highest BCUT2D eigenvalue weighted by Crippen LogP contribution is 2.31. The summed E-state index contributed by atoms with van der Waals surface area (Å²) in [6, 6.07) is 9.46. The number of benzene rings is 1. The van der Waals surface area contributed by atoms with E-state index in [1.54, 1.807) is 4.90 Å². The molecule has 0 spiro atoms. The van der Waals surface area contributed by atoms with Gasteiger partial charge in [-0.1, -0.05) is 11.6 Å². The van der Waals surface area contributed by atoms with Crippen LogP contribution in [0.3, 0.4) is 0 Å². The van der Waals surface area contributed by atoms with Crippen molar-refractivity contribution in [2.24, 2.45) is 0 Å². The third kappa shape index (κ3) is 3.98. The van der Waals surface area contributed by atoms with Crippen LogP contribution in [0.4, 0.5) is 0 Å². The number of nitrogens with one attached hydrogen (secondary N) is 1. The molecule has 2 heterocycles. The van der Waals surface area contributed by atoms with E-state index in [9.17, 15) is 4.79 Å². The molecule has 5 nitrogen and oxygen atoms in total. The quantitative estimate of drug-likeness (QED) is 0.711. The molecule has 134 valence electrons. The molecule has 25 heavy (non-hydrogen) atoms. The predicted molar refractivity (Wildman–Crippen MR) is 107 cm³/mol. The molecule has 2 aromatic heterocycles. The van der Waals surface area contributed by atoms with Crippen LogP contribution >= 0.6 is 35.3 Å². The maximum Gasteiger partial charge on any atom is 0.263 e. The Hall–Kier alpha value is -1.60. The highest BCUT2D eigenvalue weighted by atomic mass is 35.5. The van der Waals surface area contributed by atoms with Gasteiger partial charge in [-0.2, -0.15) is 5.10 Å². The van der Waals surface area contributed by atoms with E-state index >= 15 is 0 Å². The minimum Gasteiger partial charge on any atom is -0.340 e. The number of nitrogens with zero attached hydrogens (tertiary/aromatic N) is 3. The van der Waals surface area contributed by atoms with Crippen molar-refractivity contribution in [3.63, 3.8) is 0 Å². The molecule has 0 fully saturated rings. The van der Waals surface area contributed by atoms with Crippen LogP contribution in [0.2, 0.25) is 5.02 Å². The molecule has 0 saturated carbocycles. The Bertz CT molecular complexity index is 873. The number of hydrogen-bond donors (Lipinski definition) is 1. The van der Waals surface area contributed by atoms with E-state index in [1.165, 1.54) is 11.3 Å². The summed E-state index contributed by atoms with van der Waals surface area (Å²) in [6.45, 7) is 3.40. The van der Waals surface area contributed by atoms with E-state index in [-0.39, 0.29) is 18.3 Å². The Labute approximate surface area is 162 Å². The van der Waals surface area contributed by atoms with Gasteiger partial charge < -0.3 is 10.2 Å². The maximum atomic E-state index is 12.6. The normalized spacial score (nSPS) is 10.7. The third-order valence-electron chi connectivity index (χ3n) is 3.87. The average Bonchev–Trinajstić information content (AvgIpc) is 3.13. The molecule has 8 heteroatoms. The molecule has 0 atom stereocenters. The van der Waals surface area contributed by atoms with Crippen molar-refractivity contribution in [2.45, 2.75) is 6.92 Å². The first kappa shape index (κ1) is 19.7. The van der Waals surface area contributed by atoms with Gasteiger partial charge in [-0.25, -0.2) is 4.68 Å². The van der Waals surface area contributed by atoms with Crippen molar-refractivity contribution in [3.05, 3.63) is 45.9 Å². The smallest absolute Gasteiger partial charge is 0.263 e. The van der Waals surface area contributed by atoms with Crippen molar-refractivity contribution in [3.8, 4) is 5.69 Å². The van der Waals surface area contributed by atoms with Crippen molar-refractivity contribution in [2.75, 3.05) is 27.2 Å². The summed E-state index contributed by atoms with van der Waals surface area (Å²) in [7, 11) is 3.70. The van der Waals surface area contributed by atoms with Crippen LogP contribution in [-0.4, -0.2) is 47.8 Å². The lowest BCUT2D eigenvalue weighted by Crippen LogP contribution is -2.32. The zero-order chi connectivity index (χ0) is 17.3. The number of rotatable bonds is 5. The molecule has 3 aromatic rings. The summed E-state index contributed by atoms with van der Waals surface area (Å²) in [5.41, 5.74) is 1.84. The van der Waals surface area contributed by atoms with Gasteiger partial charge in [0.05, 0.1) is 16.3 Å². The second-order valence-corrected chi connectivity index (χ2v) is 7.10. The first-order valence-corrected chi connectivity index (χ1v) is 8.86. The Morgan fingerprint density at radius 1 is 1.36 bits per heavy atom. The van der Waals surface area contributed by atoms with Crippen LogP contribution in [0.25, 0.3) is 15.9 Å². The summed E-state index contributed by atoms with van der Waals surface area (Å²) >= 11 is 7.43. The average molecular weight is 399 g/mol. The fourth-order valence-electron chi connectivity index (χ4n) is 2.48. The van der Waals surface area contributed by atoms with Gasteiger partial charge in [0.25, 0.3) is 5.91 Å². The lowest BCUT2D eigenvalue weighted by Gasteiger charge is -2.15. The number of thiophene rings is 1. The maximum absolute atomic E-state index is 12.6. The zero-order valence-electron chi connectivity index (χ0n) is 14.2. The second-order valence-electron chi connectivity index (χ2n) is 5.63. The number of hydrogen-bond acceptors (Lipinski definition) is 4. The van der Waals surface area contributed by atoms with E-state index in [0.29, 0.717) is 11.6 Å². The molecule has 0 bridgehead atoms. The lowest BCUT2D eigenvalue weighted by molar-refractivity contribution is 0.0801. The highest BCUT2D eigenvalue weighted by Gasteiger charge is 2.19. The lowest BCUT2D eigenvalue weighted by atomic mass is 10.3. The Morgan fingerprint density at radius 3 is 2.68 bits per heavy atom.